The summed E-state index contributed by atoms with van der Waals surface area (Å²) in [7, 11) is 0. The van der Waals surface area contributed by atoms with Crippen LogP contribution in [-0.4, -0.2) is 11.1 Å². The van der Waals surface area contributed by atoms with Gasteiger partial charge in [-0.2, -0.15) is 0 Å². The van der Waals surface area contributed by atoms with Gasteiger partial charge in [0.15, 0.2) is 11.6 Å². The number of halogens is 3. The van der Waals surface area contributed by atoms with E-state index in [1.54, 1.807) is 0 Å². The van der Waals surface area contributed by atoms with Crippen LogP contribution in [0.3, 0.4) is 0 Å². The molecular weight excluding hydrogens is 273 g/mol. The highest BCUT2D eigenvalue weighted by molar-refractivity contribution is 5.87. The van der Waals surface area contributed by atoms with Crippen LogP contribution in [-0.2, 0) is 6.61 Å². The van der Waals surface area contributed by atoms with Gasteiger partial charge in [-0.15, -0.1) is 0 Å². The van der Waals surface area contributed by atoms with Gasteiger partial charge in [-0.1, -0.05) is 0 Å². The summed E-state index contributed by atoms with van der Waals surface area (Å²) in [6.07, 6.45) is 0. The van der Waals surface area contributed by atoms with E-state index in [0.717, 1.165) is 36.4 Å². The summed E-state index contributed by atoms with van der Waals surface area (Å²) < 4.78 is 44.8. The molecule has 0 amide bonds. The number of hydrogen-bond acceptors (Lipinski definition) is 2. The Balaban J connectivity index is 2.15. The fourth-order valence-corrected chi connectivity index (χ4v) is 1.56. The Morgan fingerprint density at radius 3 is 2.45 bits per heavy atom. The highest BCUT2D eigenvalue weighted by Crippen LogP contribution is 2.20. The number of carboxylic acids is 1. The van der Waals surface area contributed by atoms with Crippen LogP contribution in [0.1, 0.15) is 15.9 Å². The van der Waals surface area contributed by atoms with Crippen molar-refractivity contribution in [2.45, 2.75) is 6.61 Å². The molecule has 0 aliphatic heterocycles. The molecule has 104 valence electrons. The largest absolute Gasteiger partial charge is 0.486 e. The highest BCUT2D eigenvalue weighted by atomic mass is 19.1. The Morgan fingerprint density at radius 2 is 1.80 bits per heavy atom. The van der Waals surface area contributed by atoms with Crippen molar-refractivity contribution in [3.63, 3.8) is 0 Å². The van der Waals surface area contributed by atoms with Gasteiger partial charge in [0.05, 0.1) is 5.56 Å². The summed E-state index contributed by atoms with van der Waals surface area (Å²) in [5, 5.41) is 8.68. The lowest BCUT2D eigenvalue weighted by molar-refractivity contribution is 0.0696. The van der Waals surface area contributed by atoms with Crippen LogP contribution >= 0.6 is 0 Å². The molecule has 2 aromatic carbocycles. The maximum Gasteiger partial charge on any atom is 0.335 e. The predicted molar refractivity (Wildman–Crippen MR) is 64.0 cm³/mol. The molecule has 2 aromatic rings. The maximum absolute atomic E-state index is 13.5. The zero-order valence-corrected chi connectivity index (χ0v) is 10.1. The molecule has 0 fully saturated rings. The van der Waals surface area contributed by atoms with Crippen molar-refractivity contribution in [3.05, 3.63) is 65.0 Å². The zero-order valence-electron chi connectivity index (χ0n) is 10.1. The van der Waals surface area contributed by atoms with E-state index in [-0.39, 0.29) is 23.5 Å². The van der Waals surface area contributed by atoms with Gasteiger partial charge in [0.1, 0.15) is 18.2 Å². The Labute approximate surface area is 112 Å². The number of benzene rings is 2. The van der Waals surface area contributed by atoms with E-state index in [2.05, 4.69) is 0 Å². The van der Waals surface area contributed by atoms with E-state index >= 15 is 0 Å². The fraction of sp³-hybridized carbons (Fsp3) is 0.0714. The lowest BCUT2D eigenvalue weighted by Gasteiger charge is -2.08. The van der Waals surface area contributed by atoms with E-state index in [1.165, 1.54) is 0 Å². The van der Waals surface area contributed by atoms with Crippen LogP contribution in [0, 0.1) is 17.5 Å². The molecule has 0 saturated heterocycles. The van der Waals surface area contributed by atoms with Gasteiger partial charge >= 0.3 is 5.97 Å². The van der Waals surface area contributed by atoms with Gasteiger partial charge in [-0.05, 0) is 36.4 Å². The van der Waals surface area contributed by atoms with Gasteiger partial charge in [-0.3, -0.25) is 0 Å². The summed E-state index contributed by atoms with van der Waals surface area (Å²) in [5.74, 6) is -3.70. The molecule has 0 heterocycles. The summed E-state index contributed by atoms with van der Waals surface area (Å²) in [6, 6.07) is 5.91. The Hall–Kier alpha value is -2.50. The molecule has 6 heteroatoms. The average Bonchev–Trinajstić information content (AvgIpc) is 2.40. The number of aromatic carboxylic acids is 1. The molecule has 0 bridgehead atoms. The highest BCUT2D eigenvalue weighted by Gasteiger charge is 2.11. The topological polar surface area (TPSA) is 46.5 Å². The SMILES string of the molecule is O=C(O)c1ccc(OCc2cc(F)ccc2F)c(F)c1. The quantitative estimate of drug-likeness (QED) is 0.935. The van der Waals surface area contributed by atoms with E-state index < -0.39 is 23.4 Å². The zero-order chi connectivity index (χ0) is 14.7. The molecule has 0 spiro atoms. The number of carbonyl (C=O) groups is 1. The number of carboxylic acid groups (broad SMARTS) is 1. The first kappa shape index (κ1) is 13.9. The van der Waals surface area contributed by atoms with Crippen molar-refractivity contribution in [1.29, 1.82) is 0 Å². The van der Waals surface area contributed by atoms with Crippen molar-refractivity contribution in [2.75, 3.05) is 0 Å². The van der Waals surface area contributed by atoms with Crippen molar-refractivity contribution in [2.24, 2.45) is 0 Å². The first-order valence-corrected chi connectivity index (χ1v) is 5.57. The van der Waals surface area contributed by atoms with E-state index in [4.69, 9.17) is 9.84 Å². The molecule has 3 nitrogen and oxygen atoms in total. The number of ether oxygens (including phenoxy) is 1. The van der Waals surface area contributed by atoms with E-state index in [9.17, 15) is 18.0 Å². The standard InChI is InChI=1S/C14H9F3O3/c15-10-2-3-11(16)9(5-10)7-20-13-4-1-8(14(18)19)6-12(13)17/h1-6H,7H2,(H,18,19). The molecular formula is C14H9F3O3. The minimum Gasteiger partial charge on any atom is -0.486 e. The summed E-state index contributed by atoms with van der Waals surface area (Å²) in [6.45, 7) is -0.368. The van der Waals surface area contributed by atoms with Gasteiger partial charge in [0.2, 0.25) is 0 Å². The lowest BCUT2D eigenvalue weighted by atomic mass is 10.2. The van der Waals surface area contributed by atoms with Crippen molar-refractivity contribution < 1.29 is 27.8 Å². The van der Waals surface area contributed by atoms with E-state index in [1.807, 2.05) is 0 Å². The van der Waals surface area contributed by atoms with Crippen molar-refractivity contribution in [3.8, 4) is 5.75 Å². The van der Waals surface area contributed by atoms with Gasteiger partial charge in [0, 0.05) is 5.56 Å². The van der Waals surface area contributed by atoms with E-state index in [0.29, 0.717) is 0 Å². The second-order valence-corrected chi connectivity index (χ2v) is 3.97. The molecule has 0 atom stereocenters. The number of rotatable bonds is 4. The van der Waals surface area contributed by atoms with Gasteiger partial charge in [0.25, 0.3) is 0 Å². The molecule has 1 N–H and O–H groups in total. The Morgan fingerprint density at radius 1 is 1.05 bits per heavy atom. The van der Waals surface area contributed by atoms with Crippen LogP contribution in [0.5, 0.6) is 5.75 Å². The first-order chi connectivity index (χ1) is 9.47. The first-order valence-electron chi connectivity index (χ1n) is 5.57. The average molecular weight is 282 g/mol. The third-order valence-corrected chi connectivity index (χ3v) is 2.57. The van der Waals surface area contributed by atoms with Crippen LogP contribution < -0.4 is 4.74 Å². The monoisotopic (exact) mass is 282 g/mol. The molecule has 0 aromatic heterocycles. The second-order valence-electron chi connectivity index (χ2n) is 3.97. The molecule has 0 unspecified atom stereocenters. The van der Waals surface area contributed by atoms with Gasteiger partial charge in [-0.25, -0.2) is 18.0 Å². The van der Waals surface area contributed by atoms with Crippen LogP contribution in [0.4, 0.5) is 13.2 Å². The summed E-state index contributed by atoms with van der Waals surface area (Å²) >= 11 is 0. The molecule has 0 radical (unpaired) electrons. The normalized spacial score (nSPS) is 10.3. The summed E-state index contributed by atoms with van der Waals surface area (Å²) in [4.78, 5) is 10.6. The van der Waals surface area contributed by atoms with Crippen LogP contribution in [0.2, 0.25) is 0 Å². The lowest BCUT2D eigenvalue weighted by Crippen LogP contribution is -2.02. The predicted octanol–water partition coefficient (Wildman–Crippen LogP) is 3.38. The van der Waals surface area contributed by atoms with Crippen molar-refractivity contribution >= 4 is 5.97 Å². The molecule has 2 rings (SSSR count). The molecule has 0 saturated carbocycles. The van der Waals surface area contributed by atoms with Crippen LogP contribution in [0.25, 0.3) is 0 Å². The minimum atomic E-state index is -1.27. The minimum absolute atomic E-state index is 0.0632. The van der Waals surface area contributed by atoms with Gasteiger partial charge < -0.3 is 9.84 Å². The molecule has 20 heavy (non-hydrogen) atoms. The van der Waals surface area contributed by atoms with Crippen LogP contribution in [0.15, 0.2) is 36.4 Å². The Bertz CT molecular complexity index is 656. The molecule has 0 aliphatic carbocycles. The van der Waals surface area contributed by atoms with Crippen molar-refractivity contribution in [1.82, 2.24) is 0 Å². The maximum atomic E-state index is 13.5. The second kappa shape index (κ2) is 5.64. The third-order valence-electron chi connectivity index (χ3n) is 2.57. The summed E-state index contributed by atoms with van der Waals surface area (Å²) in [5.41, 5.74) is -0.293. The fourth-order valence-electron chi connectivity index (χ4n) is 1.56. The smallest absolute Gasteiger partial charge is 0.335 e. The molecule has 0 aliphatic rings. The Kier molecular flexibility index (Phi) is 3.93. The third kappa shape index (κ3) is 3.09. The number of hydrogen-bond donors (Lipinski definition) is 1.